The maximum atomic E-state index is 11.7. The van der Waals surface area contributed by atoms with Gasteiger partial charge in [-0.2, -0.15) is 0 Å². The molecule has 0 aromatic rings. The molecule has 1 saturated carbocycles. The van der Waals surface area contributed by atoms with E-state index >= 15 is 0 Å². The molecule has 0 aromatic heterocycles. The lowest BCUT2D eigenvalue weighted by Gasteiger charge is -2.26. The van der Waals surface area contributed by atoms with Crippen molar-refractivity contribution >= 4 is 35.8 Å². The van der Waals surface area contributed by atoms with Gasteiger partial charge in [0.2, 0.25) is 5.91 Å². The Morgan fingerprint density at radius 1 is 1.35 bits per heavy atom. The van der Waals surface area contributed by atoms with Gasteiger partial charge in [0.15, 0.2) is 5.96 Å². The molecule has 0 spiro atoms. The molecule has 1 aliphatic carbocycles. The summed E-state index contributed by atoms with van der Waals surface area (Å²) in [6, 6.07) is 0.876. The maximum absolute atomic E-state index is 11.7. The number of amides is 1. The largest absolute Gasteiger partial charge is 0.355 e. The molecular formula is C16H32IN5O. The first-order valence-electron chi connectivity index (χ1n) is 8.46. The Morgan fingerprint density at radius 3 is 2.57 bits per heavy atom. The second-order valence-corrected chi connectivity index (χ2v) is 6.64. The predicted octanol–water partition coefficient (Wildman–Crippen LogP) is 1.12. The SMILES string of the molecule is CCC(=O)N1CCC(NC(=NC)NCC(C2CC2)N(C)C)C1.I. The van der Waals surface area contributed by atoms with Crippen molar-refractivity contribution in [2.45, 2.75) is 44.7 Å². The number of likely N-dealkylation sites (N-methyl/N-ethyl adjacent to an activating group) is 1. The Labute approximate surface area is 157 Å². The number of guanidine groups is 1. The third kappa shape index (κ3) is 6.10. The van der Waals surface area contributed by atoms with Crippen LogP contribution in [0.2, 0.25) is 0 Å². The Morgan fingerprint density at radius 2 is 2.04 bits per heavy atom. The topological polar surface area (TPSA) is 60.0 Å². The third-order valence-electron chi connectivity index (χ3n) is 4.72. The molecule has 2 rings (SSSR count). The number of rotatable bonds is 6. The molecular weight excluding hydrogens is 405 g/mol. The van der Waals surface area contributed by atoms with Crippen molar-refractivity contribution in [3.63, 3.8) is 0 Å². The molecule has 0 aromatic carbocycles. The van der Waals surface area contributed by atoms with E-state index in [0.29, 0.717) is 18.5 Å². The van der Waals surface area contributed by atoms with Crippen LogP contribution in [0, 0.1) is 5.92 Å². The lowest BCUT2D eigenvalue weighted by Crippen LogP contribution is -2.49. The van der Waals surface area contributed by atoms with Crippen LogP contribution in [0.3, 0.4) is 0 Å². The first-order chi connectivity index (χ1) is 10.5. The maximum Gasteiger partial charge on any atom is 0.222 e. The first-order valence-corrected chi connectivity index (χ1v) is 8.46. The van der Waals surface area contributed by atoms with Crippen LogP contribution in [0.1, 0.15) is 32.6 Å². The molecule has 23 heavy (non-hydrogen) atoms. The van der Waals surface area contributed by atoms with Crippen LogP contribution >= 0.6 is 24.0 Å². The number of aliphatic imine (C=N–C) groups is 1. The first kappa shape index (κ1) is 20.5. The Kier molecular flexibility index (Phi) is 8.60. The third-order valence-corrected chi connectivity index (χ3v) is 4.72. The standard InChI is InChI=1S/C16H31N5O.HI/c1-5-15(22)21-9-8-13(11-21)19-16(17-2)18-10-14(20(3)4)12-6-7-12;/h12-14H,5-11H2,1-4H3,(H2,17,18,19);1H. The molecule has 1 saturated heterocycles. The molecule has 2 fully saturated rings. The van der Waals surface area contributed by atoms with Gasteiger partial charge in [-0.15, -0.1) is 24.0 Å². The number of halogens is 1. The molecule has 1 aliphatic heterocycles. The number of hydrogen-bond acceptors (Lipinski definition) is 3. The van der Waals surface area contributed by atoms with Crippen LogP contribution in [-0.4, -0.2) is 74.5 Å². The summed E-state index contributed by atoms with van der Waals surface area (Å²) in [6.45, 7) is 4.47. The molecule has 134 valence electrons. The van der Waals surface area contributed by atoms with Crippen molar-refractivity contribution in [3.05, 3.63) is 0 Å². The van der Waals surface area contributed by atoms with Crippen LogP contribution < -0.4 is 10.6 Å². The Hall–Kier alpha value is -0.570. The van der Waals surface area contributed by atoms with E-state index in [9.17, 15) is 4.79 Å². The van der Waals surface area contributed by atoms with Gasteiger partial charge in [0.05, 0.1) is 0 Å². The highest BCUT2D eigenvalue weighted by Gasteiger charge is 2.32. The van der Waals surface area contributed by atoms with Gasteiger partial charge in [0.25, 0.3) is 0 Å². The molecule has 2 unspecified atom stereocenters. The van der Waals surface area contributed by atoms with E-state index in [4.69, 9.17) is 0 Å². The van der Waals surface area contributed by atoms with Crippen molar-refractivity contribution in [3.8, 4) is 0 Å². The molecule has 6 nitrogen and oxygen atoms in total. The second kappa shape index (κ2) is 9.66. The molecule has 2 N–H and O–H groups in total. The van der Waals surface area contributed by atoms with Crippen molar-refractivity contribution < 1.29 is 4.79 Å². The number of nitrogens with one attached hydrogen (secondary N) is 2. The summed E-state index contributed by atoms with van der Waals surface area (Å²) in [4.78, 5) is 20.3. The summed E-state index contributed by atoms with van der Waals surface area (Å²) >= 11 is 0. The molecule has 0 bridgehead atoms. The molecule has 2 atom stereocenters. The van der Waals surface area contributed by atoms with Crippen molar-refractivity contribution in [2.24, 2.45) is 10.9 Å². The summed E-state index contributed by atoms with van der Waals surface area (Å²) in [7, 11) is 6.10. The van der Waals surface area contributed by atoms with Gasteiger partial charge in [-0.1, -0.05) is 6.92 Å². The van der Waals surface area contributed by atoms with Crippen molar-refractivity contribution in [1.82, 2.24) is 20.4 Å². The van der Waals surface area contributed by atoms with E-state index in [1.807, 2.05) is 11.8 Å². The average Bonchev–Trinajstić information content (AvgIpc) is 3.23. The van der Waals surface area contributed by atoms with Gasteiger partial charge in [-0.25, -0.2) is 0 Å². The monoisotopic (exact) mass is 437 g/mol. The van der Waals surface area contributed by atoms with E-state index in [-0.39, 0.29) is 29.9 Å². The normalized spacial score (nSPS) is 22.7. The number of carbonyl (C=O) groups excluding carboxylic acids is 1. The fourth-order valence-corrected chi connectivity index (χ4v) is 3.17. The minimum absolute atomic E-state index is 0. The summed E-state index contributed by atoms with van der Waals surface area (Å²) < 4.78 is 0. The summed E-state index contributed by atoms with van der Waals surface area (Å²) in [5, 5.41) is 6.91. The second-order valence-electron chi connectivity index (χ2n) is 6.64. The highest BCUT2D eigenvalue weighted by Crippen LogP contribution is 2.34. The van der Waals surface area contributed by atoms with Crippen LogP contribution in [0.4, 0.5) is 0 Å². The minimum Gasteiger partial charge on any atom is -0.355 e. The number of hydrogen-bond donors (Lipinski definition) is 2. The molecule has 7 heteroatoms. The van der Waals surface area contributed by atoms with Crippen molar-refractivity contribution in [2.75, 3.05) is 40.8 Å². The van der Waals surface area contributed by atoms with E-state index < -0.39 is 0 Å². The summed E-state index contributed by atoms with van der Waals surface area (Å²) in [5.74, 6) is 1.92. The fourth-order valence-electron chi connectivity index (χ4n) is 3.17. The van der Waals surface area contributed by atoms with Gasteiger partial charge in [-0.05, 0) is 39.3 Å². The van der Waals surface area contributed by atoms with Crippen LogP contribution in [0.15, 0.2) is 4.99 Å². The molecule has 2 aliphatic rings. The summed E-state index contributed by atoms with van der Waals surface area (Å²) in [5.41, 5.74) is 0. The minimum atomic E-state index is 0. The highest BCUT2D eigenvalue weighted by atomic mass is 127. The van der Waals surface area contributed by atoms with E-state index in [1.54, 1.807) is 7.05 Å². The lowest BCUT2D eigenvalue weighted by molar-refractivity contribution is -0.129. The van der Waals surface area contributed by atoms with Gasteiger partial charge >= 0.3 is 0 Å². The molecule has 1 amide bonds. The van der Waals surface area contributed by atoms with Crippen LogP contribution in [-0.2, 0) is 4.79 Å². The number of carbonyl (C=O) groups is 1. The van der Waals surface area contributed by atoms with Gasteiger partial charge in [0, 0.05) is 45.2 Å². The highest BCUT2D eigenvalue weighted by molar-refractivity contribution is 14.0. The van der Waals surface area contributed by atoms with Gasteiger partial charge in [-0.3, -0.25) is 9.79 Å². The van der Waals surface area contributed by atoms with Gasteiger partial charge in [0.1, 0.15) is 0 Å². The quantitative estimate of drug-likeness (QED) is 0.372. The predicted molar refractivity (Wildman–Crippen MR) is 105 cm³/mol. The average molecular weight is 437 g/mol. The Balaban J connectivity index is 0.00000264. The zero-order valence-corrected chi connectivity index (χ0v) is 17.2. The number of nitrogens with zero attached hydrogens (tertiary/aromatic N) is 3. The smallest absolute Gasteiger partial charge is 0.222 e. The van der Waals surface area contributed by atoms with Crippen molar-refractivity contribution in [1.29, 1.82) is 0 Å². The Bertz CT molecular complexity index is 409. The van der Waals surface area contributed by atoms with Crippen LogP contribution in [0.25, 0.3) is 0 Å². The molecule has 1 heterocycles. The lowest BCUT2D eigenvalue weighted by atomic mass is 10.1. The zero-order valence-electron chi connectivity index (χ0n) is 14.8. The van der Waals surface area contributed by atoms with E-state index in [1.165, 1.54) is 12.8 Å². The van der Waals surface area contributed by atoms with E-state index in [2.05, 4.69) is 34.6 Å². The summed E-state index contributed by atoms with van der Waals surface area (Å²) in [6.07, 6.45) is 4.26. The number of likely N-dealkylation sites (tertiary alicyclic amines) is 1. The van der Waals surface area contributed by atoms with E-state index in [0.717, 1.165) is 37.9 Å². The van der Waals surface area contributed by atoms with Crippen LogP contribution in [0.5, 0.6) is 0 Å². The molecule has 0 radical (unpaired) electrons. The fraction of sp³-hybridized carbons (Fsp3) is 0.875. The van der Waals surface area contributed by atoms with Gasteiger partial charge < -0.3 is 20.4 Å². The zero-order chi connectivity index (χ0) is 16.1.